The second-order valence-corrected chi connectivity index (χ2v) is 22.6. The van der Waals surface area contributed by atoms with Gasteiger partial charge in [0.05, 0.1) is 33.8 Å². The minimum absolute atomic E-state index is 0.0219. The summed E-state index contributed by atoms with van der Waals surface area (Å²) in [6.45, 7) is 6.83. The van der Waals surface area contributed by atoms with E-state index in [9.17, 15) is 19.0 Å². The van der Waals surface area contributed by atoms with E-state index in [1.165, 1.54) is 167 Å². The van der Waals surface area contributed by atoms with Crippen LogP contribution in [0.1, 0.15) is 278 Å². The van der Waals surface area contributed by atoms with Crippen LogP contribution in [0.4, 0.5) is 0 Å². The summed E-state index contributed by atoms with van der Waals surface area (Å²) in [4.78, 5) is 39.9. The zero-order valence-corrected chi connectivity index (χ0v) is 47.2. The molecule has 10 heteroatoms. The van der Waals surface area contributed by atoms with Gasteiger partial charge in [-0.2, -0.15) is 0 Å². The van der Waals surface area contributed by atoms with Gasteiger partial charge in [-0.15, -0.1) is 0 Å². The van der Waals surface area contributed by atoms with Crippen molar-refractivity contribution in [1.82, 2.24) is 5.32 Å². The number of hydrogen-bond acceptors (Lipinski definition) is 7. The van der Waals surface area contributed by atoms with E-state index in [0.717, 1.165) is 77.0 Å². The molecule has 0 aliphatic carbocycles. The zero-order chi connectivity index (χ0) is 50.8. The molecule has 0 rings (SSSR count). The summed E-state index contributed by atoms with van der Waals surface area (Å²) in [5.74, 6) is -0.540. The maximum Gasteiger partial charge on any atom is 0.306 e. The summed E-state index contributed by atoms with van der Waals surface area (Å²) >= 11 is 0. The maximum atomic E-state index is 13.5. The average molecular weight is 994 g/mol. The molecule has 0 aliphatic heterocycles. The standard InChI is InChI=1S/C59H113N2O7P/c1-7-10-13-16-19-22-25-28-29-30-31-34-36-39-42-45-48-51-58(62)60-56(55-67-69(64,65)66-54-53-61(4,5)6)57(50-47-44-41-38-35-32-26-23-20-17-14-11-8-2)68-59(63)52-49-46-43-40-37-33-27-24-21-18-15-12-9-3/h19,22,28-29,47,50,56-57H,7-18,20-21,23-27,30-46,48-49,51-55H2,1-6H3,(H-,60,62,64,65)/b22-19-,29-28-,50-47+. The third-order valence-corrected chi connectivity index (χ3v) is 14.0. The summed E-state index contributed by atoms with van der Waals surface area (Å²) in [6, 6.07) is -0.887. The van der Waals surface area contributed by atoms with Crippen LogP contribution in [0.5, 0.6) is 0 Å². The smallest absolute Gasteiger partial charge is 0.306 e. The van der Waals surface area contributed by atoms with Crippen LogP contribution in [0, 0.1) is 0 Å². The van der Waals surface area contributed by atoms with Crippen molar-refractivity contribution >= 4 is 19.7 Å². The molecular formula is C59H113N2O7P. The number of phosphoric ester groups is 1. The lowest BCUT2D eigenvalue weighted by Gasteiger charge is -2.30. The lowest BCUT2D eigenvalue weighted by atomic mass is 10.0. The van der Waals surface area contributed by atoms with Gasteiger partial charge in [0.2, 0.25) is 5.91 Å². The lowest BCUT2D eigenvalue weighted by molar-refractivity contribution is -0.870. The number of esters is 1. The largest absolute Gasteiger partial charge is 0.756 e. The Kier molecular flexibility index (Phi) is 48.5. The Balaban J connectivity index is 5.34. The number of carbonyl (C=O) groups is 2. The molecule has 1 N–H and O–H groups in total. The third kappa shape index (κ3) is 51.0. The number of unbranched alkanes of at least 4 members (excludes halogenated alkanes) is 33. The van der Waals surface area contributed by atoms with Crippen LogP contribution >= 0.6 is 7.82 Å². The van der Waals surface area contributed by atoms with E-state index >= 15 is 0 Å². The molecule has 0 aromatic carbocycles. The van der Waals surface area contributed by atoms with Crippen LogP contribution in [-0.2, 0) is 27.9 Å². The van der Waals surface area contributed by atoms with Gasteiger partial charge in [0, 0.05) is 12.8 Å². The van der Waals surface area contributed by atoms with Gasteiger partial charge in [0.25, 0.3) is 7.82 Å². The first kappa shape index (κ1) is 67.2. The van der Waals surface area contributed by atoms with Crippen LogP contribution in [0.3, 0.4) is 0 Å². The number of amides is 1. The summed E-state index contributed by atoms with van der Waals surface area (Å²) in [5.41, 5.74) is 0. The van der Waals surface area contributed by atoms with Crippen LogP contribution in [0.25, 0.3) is 0 Å². The molecule has 406 valence electrons. The van der Waals surface area contributed by atoms with Gasteiger partial charge in [-0.3, -0.25) is 14.2 Å². The highest BCUT2D eigenvalue weighted by Crippen LogP contribution is 2.38. The predicted molar refractivity (Wildman–Crippen MR) is 293 cm³/mol. The molecule has 0 aromatic rings. The topological polar surface area (TPSA) is 114 Å². The quantitative estimate of drug-likeness (QED) is 0.0212. The number of likely N-dealkylation sites (N-methyl/N-ethyl adjacent to an activating group) is 1. The zero-order valence-electron chi connectivity index (χ0n) is 46.3. The van der Waals surface area contributed by atoms with Gasteiger partial charge < -0.3 is 28.5 Å². The van der Waals surface area contributed by atoms with E-state index in [4.69, 9.17) is 13.8 Å². The van der Waals surface area contributed by atoms with E-state index in [-0.39, 0.29) is 31.5 Å². The van der Waals surface area contributed by atoms with Crippen molar-refractivity contribution in [2.75, 3.05) is 40.9 Å². The molecule has 3 atom stereocenters. The Hall–Kier alpha value is -1.77. The number of phosphoric acid groups is 1. The average Bonchev–Trinajstić information content (AvgIpc) is 3.31. The number of carbonyl (C=O) groups excluding carboxylic acids is 2. The minimum atomic E-state index is -4.69. The second-order valence-electron chi connectivity index (χ2n) is 21.2. The number of nitrogens with zero attached hydrogens (tertiary/aromatic N) is 1. The van der Waals surface area contributed by atoms with Crippen LogP contribution < -0.4 is 10.2 Å². The monoisotopic (exact) mass is 993 g/mol. The molecule has 1 amide bonds. The predicted octanol–water partition coefficient (Wildman–Crippen LogP) is 16.9. The van der Waals surface area contributed by atoms with Crippen molar-refractivity contribution in [2.45, 2.75) is 290 Å². The third-order valence-electron chi connectivity index (χ3n) is 13.1. The van der Waals surface area contributed by atoms with Crippen molar-refractivity contribution in [3.63, 3.8) is 0 Å². The molecule has 0 aliphatic rings. The Bertz CT molecular complexity index is 1280. The van der Waals surface area contributed by atoms with E-state index in [1.807, 2.05) is 33.3 Å². The van der Waals surface area contributed by atoms with E-state index in [2.05, 4.69) is 50.4 Å². The summed E-state index contributed by atoms with van der Waals surface area (Å²) in [7, 11) is 1.19. The van der Waals surface area contributed by atoms with Gasteiger partial charge in [-0.05, 0) is 63.9 Å². The molecule has 9 nitrogen and oxygen atoms in total. The first-order chi connectivity index (χ1) is 33.4. The Labute approximate surface area is 427 Å². The molecule has 0 fully saturated rings. The number of hydrogen-bond donors (Lipinski definition) is 1. The molecule has 0 heterocycles. The molecular weight excluding hydrogens is 880 g/mol. The van der Waals surface area contributed by atoms with E-state index < -0.39 is 20.0 Å². The summed E-state index contributed by atoms with van der Waals surface area (Å²) < 4.78 is 30.2. The molecule has 0 spiro atoms. The Morgan fingerprint density at radius 2 is 0.884 bits per heavy atom. The van der Waals surface area contributed by atoms with Crippen molar-refractivity contribution in [1.29, 1.82) is 0 Å². The van der Waals surface area contributed by atoms with Crippen molar-refractivity contribution in [2.24, 2.45) is 0 Å². The van der Waals surface area contributed by atoms with Gasteiger partial charge in [-0.1, -0.05) is 237 Å². The number of nitrogens with one attached hydrogen (secondary N) is 1. The van der Waals surface area contributed by atoms with Gasteiger partial charge >= 0.3 is 5.97 Å². The Morgan fingerprint density at radius 1 is 0.507 bits per heavy atom. The van der Waals surface area contributed by atoms with Crippen LogP contribution in [0.15, 0.2) is 36.5 Å². The molecule has 0 saturated heterocycles. The number of ether oxygens (including phenoxy) is 1. The summed E-state index contributed by atoms with van der Waals surface area (Å²) in [5, 5.41) is 3.02. The fourth-order valence-corrected chi connectivity index (χ4v) is 9.22. The van der Waals surface area contributed by atoms with Crippen molar-refractivity contribution < 1.29 is 37.3 Å². The van der Waals surface area contributed by atoms with Crippen molar-refractivity contribution in [3.8, 4) is 0 Å². The first-order valence-electron chi connectivity index (χ1n) is 29.3. The normalized spacial score (nSPS) is 14.0. The van der Waals surface area contributed by atoms with Gasteiger partial charge in [0.15, 0.2) is 0 Å². The molecule has 0 bridgehead atoms. The minimum Gasteiger partial charge on any atom is -0.756 e. The van der Waals surface area contributed by atoms with Crippen molar-refractivity contribution in [3.05, 3.63) is 36.5 Å². The Morgan fingerprint density at radius 3 is 1.33 bits per heavy atom. The fourth-order valence-electron chi connectivity index (χ4n) is 8.49. The number of allylic oxidation sites excluding steroid dienone is 5. The summed E-state index contributed by atoms with van der Waals surface area (Å²) in [6.07, 6.45) is 58.1. The van der Waals surface area contributed by atoms with Crippen LogP contribution in [-0.4, -0.2) is 69.4 Å². The van der Waals surface area contributed by atoms with Crippen LogP contribution in [0.2, 0.25) is 0 Å². The number of quaternary nitrogens is 1. The molecule has 69 heavy (non-hydrogen) atoms. The van der Waals surface area contributed by atoms with E-state index in [1.54, 1.807) is 0 Å². The fraction of sp³-hybridized carbons (Fsp3) is 0.864. The van der Waals surface area contributed by atoms with Gasteiger partial charge in [0.1, 0.15) is 19.3 Å². The lowest BCUT2D eigenvalue weighted by Crippen LogP contribution is -2.47. The number of rotatable bonds is 53. The molecule has 0 saturated carbocycles. The highest BCUT2D eigenvalue weighted by molar-refractivity contribution is 7.45. The second kappa shape index (κ2) is 49.8. The molecule has 0 radical (unpaired) electrons. The molecule has 0 aromatic heterocycles. The molecule has 3 unspecified atom stereocenters. The van der Waals surface area contributed by atoms with E-state index in [0.29, 0.717) is 17.4 Å². The first-order valence-corrected chi connectivity index (χ1v) is 30.8. The maximum absolute atomic E-state index is 13.5. The highest BCUT2D eigenvalue weighted by atomic mass is 31.2. The SMILES string of the molecule is CCCCC/C=C\C/C=C\CCCCCCCCCC(=O)NC(COP(=O)([O-])OCC[N+](C)(C)C)C(/C=C/CCCCCCCCCCCCC)OC(=O)CCCCCCCCCCCCCCC. The van der Waals surface area contributed by atoms with Gasteiger partial charge in [-0.25, -0.2) is 0 Å². The highest BCUT2D eigenvalue weighted by Gasteiger charge is 2.27.